The third kappa shape index (κ3) is 2.52. The lowest BCUT2D eigenvalue weighted by molar-refractivity contribution is -0.147. The van der Waals surface area contributed by atoms with Gasteiger partial charge in [0, 0.05) is 25.7 Å². The van der Waals surface area contributed by atoms with Gasteiger partial charge < -0.3 is 20.0 Å². The van der Waals surface area contributed by atoms with E-state index in [-0.39, 0.29) is 11.9 Å². The molecule has 0 aliphatic carbocycles. The largest absolute Gasteiger partial charge is 0.465 e. The summed E-state index contributed by atoms with van der Waals surface area (Å²) in [6.45, 7) is 1.63. The van der Waals surface area contributed by atoms with Gasteiger partial charge in [-0.25, -0.2) is 4.79 Å². The van der Waals surface area contributed by atoms with Crippen LogP contribution in [0.15, 0.2) is 0 Å². The molecule has 0 radical (unpaired) electrons. The summed E-state index contributed by atoms with van der Waals surface area (Å²) < 4.78 is 0. The lowest BCUT2D eigenvalue weighted by Gasteiger charge is -2.40. The van der Waals surface area contributed by atoms with E-state index in [1.165, 1.54) is 4.90 Å². The van der Waals surface area contributed by atoms with E-state index in [4.69, 9.17) is 5.11 Å². The highest BCUT2D eigenvalue weighted by Gasteiger charge is 2.34. The summed E-state index contributed by atoms with van der Waals surface area (Å²) in [6.07, 6.45) is 0.958. The predicted octanol–water partition coefficient (Wildman–Crippen LogP) is 0.112. The molecule has 0 aromatic heterocycles. The van der Waals surface area contributed by atoms with E-state index in [2.05, 4.69) is 0 Å². The molecule has 1 atom stereocenters. The van der Waals surface area contributed by atoms with Gasteiger partial charge in [-0.15, -0.1) is 0 Å². The average Bonchev–Trinajstić information content (AvgIpc) is 2.33. The van der Waals surface area contributed by atoms with Gasteiger partial charge >= 0.3 is 6.09 Å². The number of rotatable bonds is 1. The number of carboxylic acid groups (broad SMARTS) is 1. The zero-order valence-electron chi connectivity index (χ0n) is 9.71. The van der Waals surface area contributed by atoms with Crippen LogP contribution in [0.3, 0.4) is 0 Å². The van der Waals surface area contributed by atoms with Crippen molar-refractivity contribution in [2.45, 2.75) is 37.8 Å². The molecule has 6 nitrogen and oxygen atoms in total. The van der Waals surface area contributed by atoms with E-state index in [1.807, 2.05) is 0 Å². The molecule has 17 heavy (non-hydrogen) atoms. The summed E-state index contributed by atoms with van der Waals surface area (Å²) in [5.41, 5.74) is 0. The molecule has 0 spiro atoms. The molecule has 0 aromatic carbocycles. The van der Waals surface area contributed by atoms with E-state index >= 15 is 0 Å². The first kappa shape index (κ1) is 12.2. The van der Waals surface area contributed by atoms with Crippen LogP contribution in [-0.2, 0) is 4.79 Å². The van der Waals surface area contributed by atoms with E-state index in [0.717, 1.165) is 6.42 Å². The number of hydrogen-bond acceptors (Lipinski definition) is 3. The molecule has 0 unspecified atom stereocenters. The third-order valence-electron chi connectivity index (χ3n) is 3.62. The lowest BCUT2D eigenvalue weighted by atomic mass is 9.98. The molecule has 2 heterocycles. The van der Waals surface area contributed by atoms with Crippen molar-refractivity contribution in [3.63, 3.8) is 0 Å². The van der Waals surface area contributed by atoms with Crippen molar-refractivity contribution < 1.29 is 19.8 Å². The van der Waals surface area contributed by atoms with Gasteiger partial charge in [-0.1, -0.05) is 0 Å². The van der Waals surface area contributed by atoms with Crippen LogP contribution in [0.5, 0.6) is 0 Å². The second kappa shape index (κ2) is 4.91. The highest BCUT2D eigenvalue weighted by atomic mass is 16.4. The Kier molecular flexibility index (Phi) is 3.51. The van der Waals surface area contributed by atoms with E-state index in [9.17, 15) is 14.7 Å². The molecule has 2 fully saturated rings. The van der Waals surface area contributed by atoms with Gasteiger partial charge in [-0.3, -0.25) is 4.79 Å². The van der Waals surface area contributed by atoms with Crippen LogP contribution in [-0.4, -0.2) is 63.8 Å². The number of piperidine rings is 2. The van der Waals surface area contributed by atoms with E-state index in [1.54, 1.807) is 4.90 Å². The molecular weight excluding hydrogens is 224 g/mol. The summed E-state index contributed by atoms with van der Waals surface area (Å²) in [5.74, 6) is -0.190. The minimum Gasteiger partial charge on any atom is -0.465 e. The smallest absolute Gasteiger partial charge is 0.407 e. The molecule has 2 amide bonds. The van der Waals surface area contributed by atoms with Crippen LogP contribution in [0.4, 0.5) is 4.79 Å². The topological polar surface area (TPSA) is 81.1 Å². The Balaban J connectivity index is 1.92. The Labute approximate surface area is 99.8 Å². The fraction of sp³-hybridized carbons (Fsp3) is 0.818. The first-order valence-corrected chi connectivity index (χ1v) is 6.06. The van der Waals surface area contributed by atoms with Gasteiger partial charge in [0.25, 0.3) is 5.91 Å². The van der Waals surface area contributed by atoms with Gasteiger partial charge in [0.15, 0.2) is 0 Å². The lowest BCUT2D eigenvalue weighted by Crippen LogP contribution is -2.53. The fourth-order valence-electron chi connectivity index (χ4n) is 2.61. The number of amides is 2. The van der Waals surface area contributed by atoms with E-state index < -0.39 is 12.2 Å². The molecule has 0 saturated carbocycles. The van der Waals surface area contributed by atoms with Crippen LogP contribution < -0.4 is 0 Å². The van der Waals surface area contributed by atoms with Gasteiger partial charge in [0.05, 0.1) is 0 Å². The van der Waals surface area contributed by atoms with Gasteiger partial charge in [0.2, 0.25) is 0 Å². The molecular formula is C11H18N2O4. The van der Waals surface area contributed by atoms with Crippen molar-refractivity contribution in [3.8, 4) is 0 Å². The highest BCUT2D eigenvalue weighted by molar-refractivity contribution is 5.81. The maximum Gasteiger partial charge on any atom is 0.407 e. The van der Waals surface area contributed by atoms with Gasteiger partial charge in [0.1, 0.15) is 6.10 Å². The Morgan fingerprint density at radius 2 is 1.82 bits per heavy atom. The number of hydrogen-bond donors (Lipinski definition) is 2. The first-order chi connectivity index (χ1) is 8.09. The molecule has 2 rings (SSSR count). The predicted molar refractivity (Wildman–Crippen MR) is 59.6 cm³/mol. The summed E-state index contributed by atoms with van der Waals surface area (Å²) in [5, 5.41) is 18.4. The second-order valence-corrected chi connectivity index (χ2v) is 4.69. The highest BCUT2D eigenvalue weighted by Crippen LogP contribution is 2.22. The summed E-state index contributed by atoms with van der Waals surface area (Å²) in [4.78, 5) is 25.7. The van der Waals surface area contributed by atoms with Crippen LogP contribution in [0, 0.1) is 0 Å². The average molecular weight is 242 g/mol. The molecule has 0 bridgehead atoms. The van der Waals surface area contributed by atoms with Crippen molar-refractivity contribution in [2.75, 3.05) is 19.6 Å². The van der Waals surface area contributed by atoms with Gasteiger partial charge in [-0.05, 0) is 25.7 Å². The zero-order valence-corrected chi connectivity index (χ0v) is 9.71. The molecule has 2 N–H and O–H groups in total. The number of aliphatic hydroxyl groups excluding tert-OH is 1. The molecule has 96 valence electrons. The second-order valence-electron chi connectivity index (χ2n) is 4.69. The fourth-order valence-corrected chi connectivity index (χ4v) is 2.61. The number of aliphatic hydroxyl groups is 1. The van der Waals surface area contributed by atoms with Crippen LogP contribution in [0.1, 0.15) is 25.7 Å². The number of nitrogens with zero attached hydrogens (tertiary/aromatic N) is 2. The Hall–Kier alpha value is -1.30. The van der Waals surface area contributed by atoms with Crippen molar-refractivity contribution in [3.05, 3.63) is 0 Å². The summed E-state index contributed by atoms with van der Waals surface area (Å²) in [7, 11) is 0. The van der Waals surface area contributed by atoms with E-state index in [0.29, 0.717) is 38.9 Å². The minimum atomic E-state index is -0.895. The Morgan fingerprint density at radius 3 is 2.41 bits per heavy atom. The van der Waals surface area contributed by atoms with Crippen molar-refractivity contribution in [1.29, 1.82) is 0 Å². The summed E-state index contributed by atoms with van der Waals surface area (Å²) in [6, 6.07) is 0.0908. The molecule has 2 aliphatic rings. The standard InChI is InChI=1S/C11H18N2O4/c14-9-2-1-5-13(10(9)15)8-3-6-12(7-4-8)11(16)17/h8-9,14H,1-7H2,(H,16,17)/t9-/m1/s1. The zero-order chi connectivity index (χ0) is 12.4. The molecule has 2 saturated heterocycles. The van der Waals surface area contributed by atoms with Crippen molar-refractivity contribution in [2.24, 2.45) is 0 Å². The number of likely N-dealkylation sites (tertiary alicyclic amines) is 2. The Bertz CT molecular complexity index is 313. The molecule has 2 aliphatic heterocycles. The summed E-state index contributed by atoms with van der Waals surface area (Å²) >= 11 is 0. The minimum absolute atomic E-state index is 0.0908. The number of carbonyl (C=O) groups is 2. The van der Waals surface area contributed by atoms with Crippen molar-refractivity contribution in [1.82, 2.24) is 9.80 Å². The van der Waals surface area contributed by atoms with Crippen LogP contribution in [0.2, 0.25) is 0 Å². The SMILES string of the molecule is O=C(O)N1CCC(N2CCC[C@@H](O)C2=O)CC1. The molecule has 6 heteroatoms. The van der Waals surface area contributed by atoms with Crippen LogP contribution >= 0.6 is 0 Å². The normalized spacial score (nSPS) is 27.4. The maximum atomic E-state index is 11.8. The monoisotopic (exact) mass is 242 g/mol. The van der Waals surface area contributed by atoms with Crippen molar-refractivity contribution >= 4 is 12.0 Å². The quantitative estimate of drug-likeness (QED) is 0.684. The first-order valence-electron chi connectivity index (χ1n) is 6.06. The Morgan fingerprint density at radius 1 is 1.18 bits per heavy atom. The number of carbonyl (C=O) groups excluding carboxylic acids is 1. The molecule has 0 aromatic rings. The van der Waals surface area contributed by atoms with Gasteiger partial charge in [-0.2, -0.15) is 0 Å². The maximum absolute atomic E-state index is 11.8. The third-order valence-corrected chi connectivity index (χ3v) is 3.62. The van der Waals surface area contributed by atoms with Crippen LogP contribution in [0.25, 0.3) is 0 Å².